The summed E-state index contributed by atoms with van der Waals surface area (Å²) in [5, 5.41) is 13.8. The normalized spacial score (nSPS) is 10.6. The highest BCUT2D eigenvalue weighted by Gasteiger charge is 2.11. The number of nitro groups is 1. The maximum atomic E-state index is 10.8. The molecule has 0 saturated carbocycles. The van der Waals surface area contributed by atoms with E-state index >= 15 is 0 Å². The monoisotopic (exact) mass is 240 g/mol. The van der Waals surface area contributed by atoms with Crippen LogP contribution < -0.4 is 5.32 Å². The Morgan fingerprint density at radius 2 is 2.06 bits per heavy atom. The Hall–Kier alpha value is -1.66. The molecule has 1 aromatic rings. The summed E-state index contributed by atoms with van der Waals surface area (Å²) in [5.74, 6) is 0. The van der Waals surface area contributed by atoms with Gasteiger partial charge in [-0.2, -0.15) is 0 Å². The minimum Gasteiger partial charge on any atom is -0.380 e. The van der Waals surface area contributed by atoms with E-state index in [9.17, 15) is 10.1 Å². The van der Waals surface area contributed by atoms with Crippen LogP contribution in [0.5, 0.6) is 0 Å². The van der Waals surface area contributed by atoms with Crippen LogP contribution in [0, 0.1) is 17.0 Å². The SMILES string of the molecule is COC(CNc1ccc(C)c([N+](=O)[O-])c1)OC. The van der Waals surface area contributed by atoms with Gasteiger partial charge >= 0.3 is 0 Å². The van der Waals surface area contributed by atoms with Gasteiger partial charge in [0, 0.05) is 31.5 Å². The molecule has 1 N–H and O–H groups in total. The Morgan fingerprint density at radius 1 is 1.41 bits per heavy atom. The molecule has 0 fully saturated rings. The number of hydrogen-bond donors (Lipinski definition) is 1. The van der Waals surface area contributed by atoms with Crippen LogP contribution in [-0.4, -0.2) is 32.0 Å². The number of nitrogens with zero attached hydrogens (tertiary/aromatic N) is 1. The lowest BCUT2D eigenvalue weighted by molar-refractivity contribution is -0.385. The fourth-order valence-electron chi connectivity index (χ4n) is 1.38. The highest BCUT2D eigenvalue weighted by Crippen LogP contribution is 2.22. The number of nitro benzene ring substituents is 1. The van der Waals surface area contributed by atoms with Crippen LogP contribution in [0.2, 0.25) is 0 Å². The van der Waals surface area contributed by atoms with Crippen LogP contribution in [0.1, 0.15) is 5.56 Å². The molecule has 0 bridgehead atoms. The fourth-order valence-corrected chi connectivity index (χ4v) is 1.38. The molecule has 0 aliphatic heterocycles. The third-order valence-corrected chi connectivity index (χ3v) is 2.40. The van der Waals surface area contributed by atoms with Crippen molar-refractivity contribution in [3.05, 3.63) is 33.9 Å². The van der Waals surface area contributed by atoms with Gasteiger partial charge < -0.3 is 14.8 Å². The van der Waals surface area contributed by atoms with Crippen molar-refractivity contribution in [3.8, 4) is 0 Å². The molecule has 0 aliphatic rings. The summed E-state index contributed by atoms with van der Waals surface area (Å²) in [5.41, 5.74) is 1.40. The van der Waals surface area contributed by atoms with Gasteiger partial charge in [-0.15, -0.1) is 0 Å². The Bertz CT molecular complexity index is 391. The molecule has 0 aliphatic carbocycles. The number of aryl methyl sites for hydroxylation is 1. The van der Waals surface area contributed by atoms with E-state index in [1.807, 2.05) is 0 Å². The minimum absolute atomic E-state index is 0.0985. The van der Waals surface area contributed by atoms with E-state index in [4.69, 9.17) is 9.47 Å². The van der Waals surface area contributed by atoms with Crippen LogP contribution in [0.15, 0.2) is 18.2 Å². The van der Waals surface area contributed by atoms with E-state index < -0.39 is 4.92 Å². The van der Waals surface area contributed by atoms with Gasteiger partial charge in [-0.3, -0.25) is 10.1 Å². The largest absolute Gasteiger partial charge is 0.380 e. The van der Waals surface area contributed by atoms with Gasteiger partial charge in [0.1, 0.15) is 0 Å². The lowest BCUT2D eigenvalue weighted by Gasteiger charge is -2.14. The van der Waals surface area contributed by atoms with E-state index in [-0.39, 0.29) is 12.0 Å². The van der Waals surface area contributed by atoms with E-state index in [0.29, 0.717) is 17.8 Å². The van der Waals surface area contributed by atoms with Crippen LogP contribution >= 0.6 is 0 Å². The van der Waals surface area contributed by atoms with Crippen molar-refractivity contribution in [3.63, 3.8) is 0 Å². The molecule has 0 radical (unpaired) electrons. The number of benzene rings is 1. The summed E-state index contributed by atoms with van der Waals surface area (Å²) < 4.78 is 10.0. The molecule has 17 heavy (non-hydrogen) atoms. The number of anilines is 1. The van der Waals surface area contributed by atoms with Crippen LogP contribution in [-0.2, 0) is 9.47 Å². The second-order valence-corrected chi connectivity index (χ2v) is 3.54. The van der Waals surface area contributed by atoms with Crippen molar-refractivity contribution in [2.24, 2.45) is 0 Å². The van der Waals surface area contributed by atoms with Crippen molar-refractivity contribution in [1.82, 2.24) is 0 Å². The van der Waals surface area contributed by atoms with E-state index in [1.165, 1.54) is 20.3 Å². The van der Waals surface area contributed by atoms with Crippen molar-refractivity contribution in [1.29, 1.82) is 0 Å². The number of rotatable bonds is 6. The standard InChI is InChI=1S/C11H16N2O4/c1-8-4-5-9(6-10(8)13(14)15)12-7-11(16-2)17-3/h4-6,11-12H,7H2,1-3H3. The summed E-state index contributed by atoms with van der Waals surface area (Å²) in [7, 11) is 3.07. The van der Waals surface area contributed by atoms with E-state index in [2.05, 4.69) is 5.32 Å². The Balaban J connectivity index is 2.72. The Kier molecular flexibility index (Phi) is 4.86. The highest BCUT2D eigenvalue weighted by molar-refractivity contribution is 5.54. The molecule has 0 atom stereocenters. The molecular formula is C11H16N2O4. The second-order valence-electron chi connectivity index (χ2n) is 3.54. The van der Waals surface area contributed by atoms with Crippen LogP contribution in [0.3, 0.4) is 0 Å². The lowest BCUT2D eigenvalue weighted by atomic mass is 10.2. The second kappa shape index (κ2) is 6.17. The van der Waals surface area contributed by atoms with E-state index in [1.54, 1.807) is 19.1 Å². The predicted molar refractivity (Wildman–Crippen MR) is 64.1 cm³/mol. The molecule has 0 saturated heterocycles. The first kappa shape index (κ1) is 13.4. The molecule has 94 valence electrons. The molecule has 0 heterocycles. The number of hydrogen-bond acceptors (Lipinski definition) is 5. The fraction of sp³-hybridized carbons (Fsp3) is 0.455. The van der Waals surface area contributed by atoms with E-state index in [0.717, 1.165) is 0 Å². The third kappa shape index (κ3) is 3.69. The molecule has 0 aromatic heterocycles. The Morgan fingerprint density at radius 3 is 2.59 bits per heavy atom. The summed E-state index contributed by atoms with van der Waals surface area (Å²) >= 11 is 0. The zero-order chi connectivity index (χ0) is 12.8. The van der Waals surface area contributed by atoms with Gasteiger partial charge in [0.25, 0.3) is 5.69 Å². The first-order chi connectivity index (χ1) is 8.08. The van der Waals surface area contributed by atoms with Crippen molar-refractivity contribution >= 4 is 11.4 Å². The molecule has 0 amide bonds. The van der Waals surface area contributed by atoms with Gasteiger partial charge in [0.2, 0.25) is 0 Å². The molecule has 1 rings (SSSR count). The van der Waals surface area contributed by atoms with Gasteiger partial charge in [-0.1, -0.05) is 6.07 Å². The third-order valence-electron chi connectivity index (χ3n) is 2.40. The first-order valence-corrected chi connectivity index (χ1v) is 5.13. The highest BCUT2D eigenvalue weighted by atomic mass is 16.7. The topological polar surface area (TPSA) is 73.6 Å². The average Bonchev–Trinajstić information content (AvgIpc) is 2.32. The van der Waals surface area contributed by atoms with Gasteiger partial charge in [0.15, 0.2) is 6.29 Å². The van der Waals surface area contributed by atoms with Crippen LogP contribution in [0.4, 0.5) is 11.4 Å². The zero-order valence-electron chi connectivity index (χ0n) is 10.1. The molecule has 6 heteroatoms. The Labute approximate surface area is 99.7 Å². The zero-order valence-corrected chi connectivity index (χ0v) is 10.1. The van der Waals surface area contributed by atoms with Crippen molar-refractivity contribution < 1.29 is 14.4 Å². The van der Waals surface area contributed by atoms with Gasteiger partial charge in [-0.25, -0.2) is 0 Å². The average molecular weight is 240 g/mol. The summed E-state index contributed by atoms with van der Waals surface area (Å²) in [6.45, 7) is 2.13. The molecule has 1 aromatic carbocycles. The molecular weight excluding hydrogens is 224 g/mol. The van der Waals surface area contributed by atoms with Crippen molar-refractivity contribution in [2.75, 3.05) is 26.1 Å². The minimum atomic E-state index is -0.398. The summed E-state index contributed by atoms with van der Waals surface area (Å²) in [4.78, 5) is 10.4. The maximum absolute atomic E-state index is 10.8. The lowest BCUT2D eigenvalue weighted by Crippen LogP contribution is -2.23. The number of ether oxygens (including phenoxy) is 2. The van der Waals surface area contributed by atoms with Gasteiger partial charge in [0.05, 0.1) is 11.5 Å². The number of methoxy groups -OCH3 is 2. The first-order valence-electron chi connectivity index (χ1n) is 5.13. The van der Waals surface area contributed by atoms with Crippen LogP contribution in [0.25, 0.3) is 0 Å². The summed E-state index contributed by atoms with van der Waals surface area (Å²) in [6, 6.07) is 4.98. The number of nitrogens with one attached hydrogen (secondary N) is 1. The van der Waals surface area contributed by atoms with Crippen molar-refractivity contribution in [2.45, 2.75) is 13.2 Å². The quantitative estimate of drug-likeness (QED) is 0.467. The molecule has 0 unspecified atom stereocenters. The van der Waals surface area contributed by atoms with Gasteiger partial charge in [-0.05, 0) is 13.0 Å². The maximum Gasteiger partial charge on any atom is 0.274 e. The predicted octanol–water partition coefficient (Wildman–Crippen LogP) is 1.93. The molecule has 0 spiro atoms. The summed E-state index contributed by atoms with van der Waals surface area (Å²) in [6.07, 6.45) is -0.379. The molecule has 6 nitrogen and oxygen atoms in total. The smallest absolute Gasteiger partial charge is 0.274 e.